The van der Waals surface area contributed by atoms with Gasteiger partial charge in [-0.2, -0.15) is 0 Å². The summed E-state index contributed by atoms with van der Waals surface area (Å²) in [7, 11) is 1.63. The van der Waals surface area contributed by atoms with Crippen LogP contribution in [0.15, 0.2) is 46.5 Å². The second-order valence-electron chi connectivity index (χ2n) is 5.90. The third-order valence-corrected chi connectivity index (χ3v) is 3.61. The average molecular weight is 301 g/mol. The molecule has 1 aromatic carbocycles. The largest absolute Gasteiger partial charge is 0.497 e. The predicted octanol–water partition coefficient (Wildman–Crippen LogP) is 4.30. The number of methoxy groups -OCH3 is 1. The topological polar surface area (TPSA) is 55.5 Å². The van der Waals surface area contributed by atoms with Crippen molar-refractivity contribution >= 4 is 0 Å². The highest BCUT2D eigenvalue weighted by Crippen LogP contribution is 2.30. The van der Waals surface area contributed by atoms with Gasteiger partial charge in [0.25, 0.3) is 0 Å². The highest BCUT2D eigenvalue weighted by molar-refractivity contribution is 5.60. The van der Waals surface area contributed by atoms with E-state index in [4.69, 9.17) is 9.26 Å². The van der Waals surface area contributed by atoms with Crippen molar-refractivity contribution in [2.24, 2.45) is 0 Å². The minimum atomic E-state index is -1.02. The van der Waals surface area contributed by atoms with Crippen molar-refractivity contribution in [3.8, 4) is 17.0 Å². The van der Waals surface area contributed by atoms with Crippen molar-refractivity contribution in [1.29, 1.82) is 0 Å². The molecular formula is C18H23NO3. The molecule has 2 aromatic rings. The molecule has 4 heteroatoms. The number of nitrogens with zero attached hydrogens (tertiary/aromatic N) is 1. The fourth-order valence-corrected chi connectivity index (χ4v) is 2.19. The van der Waals surface area contributed by atoms with Crippen LogP contribution in [0.3, 0.4) is 0 Å². The second kappa shape index (κ2) is 6.79. The molecule has 0 saturated heterocycles. The van der Waals surface area contributed by atoms with Gasteiger partial charge in [0, 0.05) is 11.6 Å². The van der Waals surface area contributed by atoms with Crippen molar-refractivity contribution in [2.75, 3.05) is 7.11 Å². The molecule has 0 fully saturated rings. The van der Waals surface area contributed by atoms with Crippen LogP contribution in [0.2, 0.25) is 0 Å². The van der Waals surface area contributed by atoms with Crippen LogP contribution in [-0.2, 0) is 5.60 Å². The number of benzene rings is 1. The van der Waals surface area contributed by atoms with Crippen LogP contribution in [-0.4, -0.2) is 17.4 Å². The number of hydrogen-bond donors (Lipinski definition) is 1. The van der Waals surface area contributed by atoms with Gasteiger partial charge in [-0.15, -0.1) is 0 Å². The van der Waals surface area contributed by atoms with Crippen LogP contribution < -0.4 is 4.74 Å². The standard InChI is InChI=1S/C18H23NO3/c1-13(2)6-5-11-18(3,20)17-12-16(19-22-17)14-7-9-15(21-4)10-8-14/h6-10,12,20H,5,11H2,1-4H3/t18-/m0/s1. The number of aliphatic hydroxyl groups is 1. The van der Waals surface area contributed by atoms with E-state index in [2.05, 4.69) is 11.2 Å². The Bertz CT molecular complexity index is 635. The summed E-state index contributed by atoms with van der Waals surface area (Å²) < 4.78 is 10.5. The number of allylic oxidation sites excluding steroid dienone is 2. The molecule has 0 unspecified atom stereocenters. The van der Waals surface area contributed by atoms with Gasteiger partial charge in [0.2, 0.25) is 0 Å². The summed E-state index contributed by atoms with van der Waals surface area (Å²) in [6.07, 6.45) is 3.50. The van der Waals surface area contributed by atoms with Gasteiger partial charge < -0.3 is 14.4 Å². The third kappa shape index (κ3) is 3.98. The summed E-state index contributed by atoms with van der Waals surface area (Å²) in [5.41, 5.74) is 1.85. The van der Waals surface area contributed by atoms with E-state index in [1.54, 1.807) is 20.1 Å². The molecule has 1 heterocycles. The zero-order valence-corrected chi connectivity index (χ0v) is 13.6. The number of ether oxygens (including phenoxy) is 1. The van der Waals surface area contributed by atoms with E-state index in [9.17, 15) is 5.11 Å². The van der Waals surface area contributed by atoms with Crippen LogP contribution in [0, 0.1) is 0 Å². The molecular weight excluding hydrogens is 278 g/mol. The maximum absolute atomic E-state index is 10.6. The predicted molar refractivity (Wildman–Crippen MR) is 86.7 cm³/mol. The van der Waals surface area contributed by atoms with E-state index in [1.807, 2.05) is 38.1 Å². The Labute approximate surface area is 131 Å². The fraction of sp³-hybridized carbons (Fsp3) is 0.389. The quantitative estimate of drug-likeness (QED) is 0.808. The number of aromatic nitrogens is 1. The van der Waals surface area contributed by atoms with Gasteiger partial charge in [-0.25, -0.2) is 0 Å². The van der Waals surface area contributed by atoms with Gasteiger partial charge in [0.1, 0.15) is 17.0 Å². The van der Waals surface area contributed by atoms with Crippen LogP contribution in [0.4, 0.5) is 0 Å². The summed E-state index contributed by atoms with van der Waals surface area (Å²) in [4.78, 5) is 0. The minimum absolute atomic E-state index is 0.487. The lowest BCUT2D eigenvalue weighted by Gasteiger charge is -2.18. The third-order valence-electron chi connectivity index (χ3n) is 3.61. The van der Waals surface area contributed by atoms with Crippen molar-refractivity contribution in [3.05, 3.63) is 47.7 Å². The van der Waals surface area contributed by atoms with E-state index in [0.717, 1.165) is 17.7 Å². The highest BCUT2D eigenvalue weighted by atomic mass is 16.5. The molecule has 0 aliphatic carbocycles. The molecule has 0 aliphatic rings. The Hall–Kier alpha value is -2.07. The van der Waals surface area contributed by atoms with E-state index in [1.165, 1.54) is 5.57 Å². The van der Waals surface area contributed by atoms with Crippen LogP contribution in [0.5, 0.6) is 5.75 Å². The minimum Gasteiger partial charge on any atom is -0.497 e. The van der Waals surface area contributed by atoms with Gasteiger partial charge >= 0.3 is 0 Å². The maximum Gasteiger partial charge on any atom is 0.168 e. The first-order chi connectivity index (χ1) is 10.4. The van der Waals surface area contributed by atoms with E-state index >= 15 is 0 Å². The Balaban J connectivity index is 2.13. The zero-order valence-electron chi connectivity index (χ0n) is 13.6. The van der Waals surface area contributed by atoms with Gasteiger partial charge in [-0.3, -0.25) is 0 Å². The molecule has 2 rings (SSSR count). The van der Waals surface area contributed by atoms with Crippen molar-refractivity contribution in [3.63, 3.8) is 0 Å². The number of hydrogen-bond acceptors (Lipinski definition) is 4. The highest BCUT2D eigenvalue weighted by Gasteiger charge is 2.27. The lowest BCUT2D eigenvalue weighted by molar-refractivity contribution is 0.0206. The summed E-state index contributed by atoms with van der Waals surface area (Å²) in [6, 6.07) is 9.37. The first-order valence-corrected chi connectivity index (χ1v) is 7.40. The summed E-state index contributed by atoms with van der Waals surface area (Å²) >= 11 is 0. The second-order valence-corrected chi connectivity index (χ2v) is 5.90. The normalized spacial score (nSPS) is 13.5. The Morgan fingerprint density at radius 1 is 1.32 bits per heavy atom. The molecule has 1 atom stereocenters. The molecule has 1 N–H and O–H groups in total. The average Bonchev–Trinajstić information content (AvgIpc) is 2.97. The molecule has 0 amide bonds. The lowest BCUT2D eigenvalue weighted by Crippen LogP contribution is -2.19. The molecule has 0 radical (unpaired) electrons. The van der Waals surface area contributed by atoms with Gasteiger partial charge in [0.15, 0.2) is 5.76 Å². The first-order valence-electron chi connectivity index (χ1n) is 7.40. The van der Waals surface area contributed by atoms with Crippen molar-refractivity contribution < 1.29 is 14.4 Å². The summed E-state index contributed by atoms with van der Waals surface area (Å²) in [6.45, 7) is 5.85. The molecule has 0 saturated carbocycles. The van der Waals surface area contributed by atoms with Crippen LogP contribution >= 0.6 is 0 Å². The summed E-state index contributed by atoms with van der Waals surface area (Å²) in [5, 5.41) is 14.6. The fourth-order valence-electron chi connectivity index (χ4n) is 2.19. The van der Waals surface area contributed by atoms with Crippen LogP contribution in [0.25, 0.3) is 11.3 Å². The monoisotopic (exact) mass is 301 g/mol. The molecule has 22 heavy (non-hydrogen) atoms. The van der Waals surface area contributed by atoms with E-state index in [0.29, 0.717) is 17.9 Å². The molecule has 0 bridgehead atoms. The number of rotatable bonds is 6. The zero-order chi connectivity index (χ0) is 16.2. The molecule has 1 aromatic heterocycles. The molecule has 0 aliphatic heterocycles. The SMILES string of the molecule is COc1ccc(-c2cc([C@@](C)(O)CCC=C(C)C)on2)cc1. The Kier molecular flexibility index (Phi) is 5.03. The van der Waals surface area contributed by atoms with Crippen molar-refractivity contribution in [1.82, 2.24) is 5.16 Å². The Morgan fingerprint density at radius 3 is 2.59 bits per heavy atom. The Morgan fingerprint density at radius 2 is 2.00 bits per heavy atom. The molecule has 0 spiro atoms. The molecule has 118 valence electrons. The van der Waals surface area contributed by atoms with Crippen LogP contribution in [0.1, 0.15) is 39.4 Å². The van der Waals surface area contributed by atoms with Gasteiger partial charge in [0.05, 0.1) is 7.11 Å². The molecule has 4 nitrogen and oxygen atoms in total. The van der Waals surface area contributed by atoms with Gasteiger partial charge in [-0.05, 0) is 57.9 Å². The maximum atomic E-state index is 10.6. The van der Waals surface area contributed by atoms with E-state index < -0.39 is 5.60 Å². The first kappa shape index (κ1) is 16.3. The summed E-state index contributed by atoms with van der Waals surface area (Å²) in [5.74, 6) is 1.28. The van der Waals surface area contributed by atoms with Crippen molar-refractivity contribution in [2.45, 2.75) is 39.2 Å². The van der Waals surface area contributed by atoms with E-state index in [-0.39, 0.29) is 0 Å². The smallest absolute Gasteiger partial charge is 0.168 e. The lowest BCUT2D eigenvalue weighted by atomic mass is 9.96. The van der Waals surface area contributed by atoms with Gasteiger partial charge in [-0.1, -0.05) is 16.8 Å².